The zero-order chi connectivity index (χ0) is 41.4. The van der Waals surface area contributed by atoms with Crippen molar-refractivity contribution < 1.29 is 47.8 Å². The number of amides is 1. The molecule has 0 aliphatic rings. The van der Waals surface area contributed by atoms with E-state index in [9.17, 15) is 34.1 Å². The van der Waals surface area contributed by atoms with Gasteiger partial charge in [0.1, 0.15) is 12.7 Å². The van der Waals surface area contributed by atoms with Crippen LogP contribution in [0.5, 0.6) is 0 Å². The number of carbonyl (C=O) groups is 3. The van der Waals surface area contributed by atoms with Crippen molar-refractivity contribution in [2.75, 3.05) is 19.8 Å². The third-order valence-electron chi connectivity index (χ3n) is 8.48. The van der Waals surface area contributed by atoms with E-state index in [-0.39, 0.29) is 12.8 Å². The molecular formula is C44H74NO10P. The number of phosphoric acid groups is 1. The van der Waals surface area contributed by atoms with Crippen LogP contribution in [0.25, 0.3) is 0 Å². The molecule has 0 fully saturated rings. The molecule has 0 aromatic carbocycles. The number of carbonyl (C=O) groups excluding carboxylic acids is 2. The number of aliphatic carboxylic acids is 1. The number of phosphoric ester groups is 1. The number of carboxylic acids is 1. The molecule has 0 radical (unpaired) electrons. The van der Waals surface area contributed by atoms with E-state index in [4.69, 9.17) is 13.8 Å². The monoisotopic (exact) mass is 808 g/mol. The largest absolute Gasteiger partial charge is 0.480 e. The number of unbranched alkanes of at least 4 members (excludes halogenated alkanes) is 12. The van der Waals surface area contributed by atoms with Gasteiger partial charge >= 0.3 is 19.8 Å². The minimum Gasteiger partial charge on any atom is -0.480 e. The maximum absolute atomic E-state index is 12.3. The van der Waals surface area contributed by atoms with E-state index in [0.29, 0.717) is 19.3 Å². The van der Waals surface area contributed by atoms with Crippen LogP contribution in [-0.4, -0.2) is 64.9 Å². The number of hydrogen-bond donors (Lipinski definition) is 4. The lowest BCUT2D eigenvalue weighted by Gasteiger charge is -2.18. The Balaban J connectivity index is 4.02. The standard InChI is InChI=1S/C44H74NO10P/c1-3-5-7-9-11-13-15-17-19-20-22-24-26-28-30-32-34-36-43(48)53-37-40(46)38-54-56(51,52)55-39-41(44(49)50)45-42(47)35-33-31-29-27-25-23-21-18-16-14-12-10-8-6-4-2/h5,7,11,13,17-19,21-22,24,28,30,40-41,46H,3-4,6,8-10,12,14-16,20,23,25-27,29,31-39H2,1-2H3,(H,45,47)(H,49,50)(H,51,52)/b7-5-,13-11-,19-17-,21-18-,24-22-,30-28-. The van der Waals surface area contributed by atoms with Gasteiger partial charge in [-0.3, -0.25) is 18.6 Å². The van der Waals surface area contributed by atoms with E-state index in [2.05, 4.69) is 79.9 Å². The van der Waals surface area contributed by atoms with Crippen LogP contribution in [-0.2, 0) is 32.7 Å². The number of esters is 1. The SMILES string of the molecule is CC/C=C\C/C=C\C/C=C\C/C=C\C/C=C\CCCC(=O)OCC(O)COP(=O)(O)OCC(NC(=O)CCCCCCC/C=C\CCCCCCCC)C(=O)O. The molecule has 0 bridgehead atoms. The van der Waals surface area contributed by atoms with Crippen molar-refractivity contribution >= 4 is 25.7 Å². The van der Waals surface area contributed by atoms with Crippen molar-refractivity contribution in [3.8, 4) is 0 Å². The molecule has 11 nitrogen and oxygen atoms in total. The van der Waals surface area contributed by atoms with Crippen molar-refractivity contribution in [2.24, 2.45) is 0 Å². The zero-order valence-corrected chi connectivity index (χ0v) is 35.3. The normalized spacial score (nSPS) is 14.5. The highest BCUT2D eigenvalue weighted by atomic mass is 31.2. The average Bonchev–Trinajstić information content (AvgIpc) is 3.17. The lowest BCUT2D eigenvalue weighted by Crippen LogP contribution is -2.43. The molecule has 0 saturated heterocycles. The molecule has 320 valence electrons. The zero-order valence-electron chi connectivity index (χ0n) is 34.4. The second-order valence-corrected chi connectivity index (χ2v) is 15.2. The van der Waals surface area contributed by atoms with Crippen LogP contribution in [0.2, 0.25) is 0 Å². The van der Waals surface area contributed by atoms with Crippen molar-refractivity contribution in [1.29, 1.82) is 0 Å². The van der Waals surface area contributed by atoms with Crippen LogP contribution in [0, 0.1) is 0 Å². The first kappa shape index (κ1) is 52.9. The molecule has 56 heavy (non-hydrogen) atoms. The maximum Gasteiger partial charge on any atom is 0.472 e. The average molecular weight is 808 g/mol. The summed E-state index contributed by atoms with van der Waals surface area (Å²) in [5.74, 6) is -2.46. The van der Waals surface area contributed by atoms with Crippen LogP contribution in [0.1, 0.15) is 155 Å². The second-order valence-electron chi connectivity index (χ2n) is 13.8. The molecule has 0 aliphatic carbocycles. The highest BCUT2D eigenvalue weighted by molar-refractivity contribution is 7.47. The highest BCUT2D eigenvalue weighted by Gasteiger charge is 2.28. The molecule has 4 N–H and O–H groups in total. The van der Waals surface area contributed by atoms with Crippen LogP contribution in [0.3, 0.4) is 0 Å². The lowest BCUT2D eigenvalue weighted by atomic mass is 10.1. The molecule has 1 amide bonds. The van der Waals surface area contributed by atoms with Gasteiger partial charge in [-0.2, -0.15) is 0 Å². The van der Waals surface area contributed by atoms with Gasteiger partial charge in [-0.1, -0.05) is 138 Å². The lowest BCUT2D eigenvalue weighted by molar-refractivity contribution is -0.147. The quantitative estimate of drug-likeness (QED) is 0.0204. The van der Waals surface area contributed by atoms with Gasteiger partial charge in [-0.25, -0.2) is 9.36 Å². The molecule has 12 heteroatoms. The van der Waals surface area contributed by atoms with Gasteiger partial charge in [0.05, 0.1) is 13.2 Å². The topological polar surface area (TPSA) is 169 Å². The summed E-state index contributed by atoms with van der Waals surface area (Å²) < 4.78 is 26.7. The molecule has 0 aliphatic heterocycles. The molecule has 0 aromatic heterocycles. The van der Waals surface area contributed by atoms with E-state index in [1.165, 1.54) is 38.5 Å². The summed E-state index contributed by atoms with van der Waals surface area (Å²) in [4.78, 5) is 45.8. The number of aliphatic hydroxyl groups excluding tert-OH is 1. The smallest absolute Gasteiger partial charge is 0.472 e. The first-order chi connectivity index (χ1) is 27.1. The Morgan fingerprint density at radius 3 is 1.61 bits per heavy atom. The second kappa shape index (κ2) is 38.8. The molecule has 0 spiro atoms. The summed E-state index contributed by atoms with van der Waals surface area (Å²) in [7, 11) is -4.77. The molecule has 3 atom stereocenters. The van der Waals surface area contributed by atoms with Crippen molar-refractivity contribution in [2.45, 2.75) is 167 Å². The molecule has 0 heterocycles. The highest BCUT2D eigenvalue weighted by Crippen LogP contribution is 2.43. The fourth-order valence-electron chi connectivity index (χ4n) is 5.23. The summed E-state index contributed by atoms with van der Waals surface area (Å²) in [5.41, 5.74) is 0. The predicted molar refractivity (Wildman–Crippen MR) is 226 cm³/mol. The van der Waals surface area contributed by atoms with Crippen molar-refractivity contribution in [3.05, 3.63) is 72.9 Å². The van der Waals surface area contributed by atoms with Crippen LogP contribution < -0.4 is 5.32 Å². The van der Waals surface area contributed by atoms with Gasteiger partial charge in [0.2, 0.25) is 5.91 Å². The Morgan fingerprint density at radius 1 is 0.589 bits per heavy atom. The fourth-order valence-corrected chi connectivity index (χ4v) is 6.00. The number of hydrogen-bond acceptors (Lipinski definition) is 8. The Morgan fingerprint density at radius 2 is 1.05 bits per heavy atom. The number of aliphatic hydroxyl groups is 1. The van der Waals surface area contributed by atoms with Gasteiger partial charge in [0.25, 0.3) is 0 Å². The number of ether oxygens (including phenoxy) is 1. The Kier molecular flexibility index (Phi) is 36.6. The van der Waals surface area contributed by atoms with Crippen molar-refractivity contribution in [1.82, 2.24) is 5.32 Å². The van der Waals surface area contributed by atoms with Crippen LogP contribution in [0.4, 0.5) is 0 Å². The van der Waals surface area contributed by atoms with Crippen LogP contribution in [0.15, 0.2) is 72.9 Å². The van der Waals surface area contributed by atoms with E-state index in [1.54, 1.807) is 0 Å². The maximum atomic E-state index is 12.3. The third kappa shape index (κ3) is 37.8. The summed E-state index contributed by atoms with van der Waals surface area (Å²) >= 11 is 0. The van der Waals surface area contributed by atoms with Crippen molar-refractivity contribution in [3.63, 3.8) is 0 Å². The number of nitrogens with one attached hydrogen (secondary N) is 1. The molecule has 0 rings (SSSR count). The summed E-state index contributed by atoms with van der Waals surface area (Å²) in [5, 5.41) is 21.8. The van der Waals surface area contributed by atoms with E-state index in [1.807, 2.05) is 12.2 Å². The van der Waals surface area contributed by atoms with Gasteiger partial charge in [-0.15, -0.1) is 0 Å². The van der Waals surface area contributed by atoms with Gasteiger partial charge in [0.15, 0.2) is 6.04 Å². The summed E-state index contributed by atoms with van der Waals surface area (Å²) in [6, 6.07) is -1.56. The Labute approximate surface area is 338 Å². The molecule has 0 aromatic rings. The number of allylic oxidation sites excluding steroid dienone is 12. The minimum absolute atomic E-state index is 0.128. The minimum atomic E-state index is -4.77. The molecule has 3 unspecified atom stereocenters. The van der Waals surface area contributed by atoms with E-state index >= 15 is 0 Å². The molecular weight excluding hydrogens is 733 g/mol. The summed E-state index contributed by atoms with van der Waals surface area (Å²) in [6.07, 6.45) is 45.0. The van der Waals surface area contributed by atoms with Gasteiger partial charge in [0, 0.05) is 12.8 Å². The van der Waals surface area contributed by atoms with E-state index in [0.717, 1.165) is 70.6 Å². The Bertz CT molecular complexity index is 1230. The molecule has 0 saturated carbocycles. The predicted octanol–water partition coefficient (Wildman–Crippen LogP) is 10.6. The van der Waals surface area contributed by atoms with E-state index < -0.39 is 57.6 Å². The Hall–Kier alpha value is -3.08. The first-order valence-corrected chi connectivity index (χ1v) is 22.5. The van der Waals surface area contributed by atoms with Gasteiger partial charge < -0.3 is 25.2 Å². The van der Waals surface area contributed by atoms with Gasteiger partial charge in [-0.05, 0) is 77.0 Å². The number of carboxylic acid groups (broad SMARTS) is 1. The first-order valence-electron chi connectivity index (χ1n) is 21.0. The number of rotatable bonds is 38. The third-order valence-corrected chi connectivity index (χ3v) is 9.43. The van der Waals surface area contributed by atoms with Crippen LogP contribution >= 0.6 is 7.82 Å². The summed E-state index contributed by atoms with van der Waals surface area (Å²) in [6.45, 7) is 2.39. The fraction of sp³-hybridized carbons (Fsp3) is 0.659.